The van der Waals surface area contributed by atoms with Crippen LogP contribution in [0.15, 0.2) is 104 Å². The van der Waals surface area contributed by atoms with E-state index < -0.39 is 0 Å². The van der Waals surface area contributed by atoms with E-state index in [0.29, 0.717) is 0 Å². The van der Waals surface area contributed by atoms with Crippen LogP contribution in [0.4, 0.5) is 0 Å². The molecule has 0 radical (unpaired) electrons. The fourth-order valence-electron chi connectivity index (χ4n) is 3.26. The minimum absolute atomic E-state index is 0.725. The van der Waals surface area contributed by atoms with Gasteiger partial charge < -0.3 is 4.74 Å². The van der Waals surface area contributed by atoms with Gasteiger partial charge in [0.15, 0.2) is 18.6 Å². The van der Waals surface area contributed by atoms with E-state index in [1.165, 1.54) is 11.1 Å². The number of hydrogen-bond donors (Lipinski definition) is 1. The highest BCUT2D eigenvalue weighted by atomic mass is 16.5. The largest absolute Gasteiger partial charge is 0.501 e. The lowest BCUT2D eigenvalue weighted by Crippen LogP contribution is -2.32. The van der Waals surface area contributed by atoms with Crippen molar-refractivity contribution in [3.63, 3.8) is 0 Å². The number of hydrogen-bond acceptors (Lipinski definition) is 1. The number of aryl methyl sites for hydroxylation is 1. The maximum Gasteiger partial charge on any atom is 0.169 e. The van der Waals surface area contributed by atoms with E-state index >= 15 is 0 Å². The molecule has 0 spiro atoms. The number of unbranched alkanes of at least 4 members (excludes halogenated alkanes) is 2. The minimum atomic E-state index is 0.725. The zero-order valence-corrected chi connectivity index (χ0v) is 17.4. The number of allylic oxidation sites excluding steroid dienone is 3. The van der Waals surface area contributed by atoms with Crippen LogP contribution in [0, 0.1) is 0 Å². The number of benzene rings is 2. The predicted molar refractivity (Wildman–Crippen MR) is 123 cm³/mol. The van der Waals surface area contributed by atoms with Crippen molar-refractivity contribution in [1.29, 1.82) is 0 Å². The summed E-state index contributed by atoms with van der Waals surface area (Å²) in [7, 11) is 0. The van der Waals surface area contributed by atoms with Crippen LogP contribution in [0.1, 0.15) is 24.8 Å². The molecule has 2 N–H and O–H groups in total. The fraction of sp³-hybridized carbons (Fsp3) is 0.185. The summed E-state index contributed by atoms with van der Waals surface area (Å²) in [6.45, 7) is 1.75. The Balaban J connectivity index is 1.34. The zero-order chi connectivity index (χ0) is 20.9. The molecular weight excluding hydrogens is 368 g/mol. The Labute approximate surface area is 179 Å². The number of pyridine rings is 1. The highest BCUT2D eigenvalue weighted by Gasteiger charge is 2.02. The van der Waals surface area contributed by atoms with E-state index in [1.807, 2.05) is 36.4 Å². The zero-order valence-electron chi connectivity index (χ0n) is 17.4. The highest BCUT2D eigenvalue weighted by molar-refractivity contribution is 5.86. The molecule has 0 fully saturated rings. The molecule has 0 aliphatic heterocycles. The molecule has 3 heteroatoms. The molecule has 3 rings (SSSR count). The van der Waals surface area contributed by atoms with Gasteiger partial charge in [0.25, 0.3) is 0 Å². The lowest BCUT2D eigenvalue weighted by Gasteiger charge is -2.03. The first-order valence-corrected chi connectivity index (χ1v) is 10.5. The summed E-state index contributed by atoms with van der Waals surface area (Å²) < 4.78 is 7.91. The van der Waals surface area contributed by atoms with Gasteiger partial charge >= 0.3 is 0 Å². The Bertz CT molecular complexity index is 945. The third-order valence-corrected chi connectivity index (χ3v) is 4.90. The van der Waals surface area contributed by atoms with E-state index in [0.717, 1.165) is 43.6 Å². The van der Waals surface area contributed by atoms with Crippen molar-refractivity contribution in [1.82, 2.24) is 0 Å². The quantitative estimate of drug-likeness (QED) is 0.169. The summed E-state index contributed by atoms with van der Waals surface area (Å²) in [6, 6.07) is 25.0. The summed E-state index contributed by atoms with van der Waals surface area (Å²) >= 11 is 0. The van der Waals surface area contributed by atoms with Crippen molar-refractivity contribution in [3.05, 3.63) is 109 Å². The molecule has 0 saturated heterocycles. The molecular formula is C27H30N2O+2. The van der Waals surface area contributed by atoms with Gasteiger partial charge in [0.05, 0.1) is 12.9 Å². The highest BCUT2D eigenvalue weighted by Crippen LogP contribution is 2.17. The van der Waals surface area contributed by atoms with Crippen LogP contribution in [0.25, 0.3) is 16.7 Å². The Hall–Kier alpha value is -3.46. The third kappa shape index (κ3) is 6.85. The first-order valence-electron chi connectivity index (χ1n) is 10.5. The maximum absolute atomic E-state index is 5.67. The molecule has 0 aliphatic rings. The SMILES string of the molecule is [NH2+]=C/C=C(\C=C/OCCCCC[n+]1ccc(-c2ccccc2)cc1)c1ccccc1. The van der Waals surface area contributed by atoms with Crippen molar-refractivity contribution >= 4 is 11.8 Å². The van der Waals surface area contributed by atoms with Gasteiger partial charge in [-0.25, -0.2) is 4.57 Å². The summed E-state index contributed by atoms with van der Waals surface area (Å²) in [5.41, 5.74) is 4.66. The Morgan fingerprint density at radius 1 is 0.800 bits per heavy atom. The Morgan fingerprint density at radius 2 is 1.47 bits per heavy atom. The van der Waals surface area contributed by atoms with Crippen molar-refractivity contribution < 1.29 is 14.7 Å². The van der Waals surface area contributed by atoms with Crippen LogP contribution in [0.3, 0.4) is 0 Å². The monoisotopic (exact) mass is 398 g/mol. The normalized spacial score (nSPS) is 11.5. The number of rotatable bonds is 11. The lowest BCUT2D eigenvalue weighted by atomic mass is 10.1. The van der Waals surface area contributed by atoms with Crippen molar-refractivity contribution in [2.45, 2.75) is 25.8 Å². The van der Waals surface area contributed by atoms with E-state index in [4.69, 9.17) is 10.1 Å². The molecule has 3 aromatic rings. The molecule has 0 saturated carbocycles. The van der Waals surface area contributed by atoms with Crippen LogP contribution in [-0.2, 0) is 11.3 Å². The molecule has 1 heterocycles. The molecule has 0 aliphatic carbocycles. The average Bonchev–Trinajstić information content (AvgIpc) is 2.81. The average molecular weight is 399 g/mol. The van der Waals surface area contributed by atoms with E-state index in [2.05, 4.69) is 65.5 Å². The lowest BCUT2D eigenvalue weighted by molar-refractivity contribution is -0.697. The van der Waals surface area contributed by atoms with Gasteiger partial charge in [0.1, 0.15) is 6.54 Å². The van der Waals surface area contributed by atoms with Crippen molar-refractivity contribution in [3.8, 4) is 11.1 Å². The summed E-state index contributed by atoms with van der Waals surface area (Å²) in [4.78, 5) is 0. The number of ether oxygens (including phenoxy) is 1. The molecule has 0 amide bonds. The van der Waals surface area contributed by atoms with Crippen LogP contribution < -0.4 is 9.98 Å². The van der Waals surface area contributed by atoms with Crippen LogP contribution in [-0.4, -0.2) is 12.8 Å². The van der Waals surface area contributed by atoms with Gasteiger partial charge in [-0.3, -0.25) is 5.41 Å². The second-order valence-corrected chi connectivity index (χ2v) is 7.11. The number of nitrogens with two attached hydrogens (primary N) is 1. The molecule has 1 aromatic heterocycles. The summed E-state index contributed by atoms with van der Waals surface area (Å²) in [5.74, 6) is 0. The van der Waals surface area contributed by atoms with E-state index in [9.17, 15) is 0 Å². The van der Waals surface area contributed by atoms with Gasteiger partial charge in [-0.15, -0.1) is 0 Å². The topological polar surface area (TPSA) is 38.7 Å². The Morgan fingerprint density at radius 3 is 2.17 bits per heavy atom. The van der Waals surface area contributed by atoms with Crippen molar-refractivity contribution in [2.24, 2.45) is 0 Å². The minimum Gasteiger partial charge on any atom is -0.501 e. The Kier molecular flexibility index (Phi) is 8.63. The smallest absolute Gasteiger partial charge is 0.169 e. The van der Waals surface area contributed by atoms with E-state index in [1.54, 1.807) is 12.5 Å². The van der Waals surface area contributed by atoms with Gasteiger partial charge in [-0.05, 0) is 41.2 Å². The van der Waals surface area contributed by atoms with Gasteiger partial charge in [-0.1, -0.05) is 60.7 Å². The molecule has 3 nitrogen and oxygen atoms in total. The first-order chi connectivity index (χ1) is 14.9. The van der Waals surface area contributed by atoms with Crippen molar-refractivity contribution in [2.75, 3.05) is 6.61 Å². The van der Waals surface area contributed by atoms with Crippen LogP contribution in [0.5, 0.6) is 0 Å². The van der Waals surface area contributed by atoms with Crippen LogP contribution >= 0.6 is 0 Å². The molecule has 152 valence electrons. The van der Waals surface area contributed by atoms with Gasteiger partial charge in [0.2, 0.25) is 0 Å². The van der Waals surface area contributed by atoms with Gasteiger partial charge in [-0.2, -0.15) is 0 Å². The second-order valence-electron chi connectivity index (χ2n) is 7.11. The third-order valence-electron chi connectivity index (χ3n) is 4.90. The molecule has 0 unspecified atom stereocenters. The molecule has 0 atom stereocenters. The van der Waals surface area contributed by atoms with E-state index in [-0.39, 0.29) is 0 Å². The molecule has 0 bridgehead atoms. The van der Waals surface area contributed by atoms with Crippen LogP contribution in [0.2, 0.25) is 0 Å². The first kappa shape index (κ1) is 21.3. The number of aromatic nitrogens is 1. The fourth-order valence-corrected chi connectivity index (χ4v) is 3.26. The standard InChI is InChI=1S/C27H29N2O/c28-18-14-26(24-10-4-1-5-11-24)17-23-30-22-9-3-8-19-29-20-15-27(16-21-29)25-12-6-2-7-13-25/h1-2,4-7,10-18,20-21,23,28H,3,8-9,19,22H2/q+1/p+1/b23-17-,26-14+,28-18?. The maximum atomic E-state index is 5.67. The predicted octanol–water partition coefficient (Wildman–Crippen LogP) is 4.26. The molecule has 2 aromatic carbocycles. The summed E-state index contributed by atoms with van der Waals surface area (Å²) in [6.07, 6.45) is 14.8. The summed E-state index contributed by atoms with van der Waals surface area (Å²) in [5, 5.41) is 5.56. The second kappa shape index (κ2) is 12.2. The number of nitrogens with zero attached hydrogens (tertiary/aromatic N) is 1. The molecule has 30 heavy (non-hydrogen) atoms. The van der Waals surface area contributed by atoms with Gasteiger partial charge in [0, 0.05) is 24.6 Å².